The number of aryl methyl sites for hydroxylation is 2. The zero-order valence-electron chi connectivity index (χ0n) is 13.0. The molecule has 0 aliphatic carbocycles. The number of benzene rings is 1. The van der Waals surface area contributed by atoms with Crippen LogP contribution in [0.5, 0.6) is 11.5 Å². The average Bonchev–Trinajstić information content (AvgIpc) is 2.45. The van der Waals surface area contributed by atoms with Crippen LogP contribution in [-0.2, 0) is 56.0 Å². The van der Waals surface area contributed by atoms with Gasteiger partial charge in [-0.3, -0.25) is 4.79 Å². The van der Waals surface area contributed by atoms with E-state index in [-0.39, 0.29) is 46.6 Å². The number of esters is 1. The van der Waals surface area contributed by atoms with E-state index in [9.17, 15) is 9.70 Å². The zero-order valence-corrected chi connectivity index (χ0v) is 23.9. The molecule has 0 saturated heterocycles. The molecule has 0 spiro atoms. The molecule has 0 aliphatic heterocycles. The number of ether oxygens (including phenoxy) is 2. The van der Waals surface area contributed by atoms with E-state index in [2.05, 4.69) is 15.5 Å². The van der Waals surface area contributed by atoms with Gasteiger partial charge in [0.05, 0.1) is 0 Å². The Kier molecular flexibility index (Phi) is 15.4. The van der Waals surface area contributed by atoms with Crippen molar-refractivity contribution in [3.8, 4) is 11.5 Å². The van der Waals surface area contributed by atoms with Crippen LogP contribution in [-0.4, -0.2) is 19.7 Å². The van der Waals surface area contributed by atoms with Gasteiger partial charge in [0, 0.05) is 27.2 Å². The maximum Gasteiger partial charge on any atom is 1.00 e. The number of carbonyl (C=O) groups excluding carboxylic acids is 1. The molecule has 0 N–H and O–H groups in total. The number of hydrogen-bond donors (Lipinski definition) is 0. The molecule has 126 valence electrons. The second-order valence-electron chi connectivity index (χ2n) is 3.89. The Labute approximate surface area is 155 Å². The minimum absolute atomic E-state index is 0. The molecule has 0 bridgehead atoms. The van der Waals surface area contributed by atoms with Gasteiger partial charge in [-0.25, -0.2) is 0 Å². The molecule has 0 aliphatic rings. The number of rotatable bonds is 8. The number of nitrogens with zero attached hydrogens (tertiary/aromatic N) is 2. The summed E-state index contributed by atoms with van der Waals surface area (Å²) >= 11 is 0. The summed E-state index contributed by atoms with van der Waals surface area (Å²) in [6.45, 7) is 4.59. The van der Waals surface area contributed by atoms with Gasteiger partial charge in [-0.05, 0) is 36.6 Å². The topological polar surface area (TPSA) is 88.3 Å². The summed E-state index contributed by atoms with van der Waals surface area (Å²) < 4.78 is 10.5. The van der Waals surface area contributed by atoms with E-state index in [1.54, 1.807) is 26.1 Å². The molecule has 1 aromatic rings. The van der Waals surface area contributed by atoms with Crippen molar-refractivity contribution >= 4 is 5.97 Å². The summed E-state index contributed by atoms with van der Waals surface area (Å²) in [7, 11) is 1.66. The Hall–Kier alpha value is -1.99. The van der Waals surface area contributed by atoms with E-state index < -0.39 is 5.97 Å². The SMILES string of the molecule is CCc1cc(OC(=O)[CH-]ON=O)c(C)cc1OC[N-]C.[Re].[Rf].[Ru+]. The molecule has 0 saturated carbocycles. The van der Waals surface area contributed by atoms with Crippen LogP contribution in [0.4, 0.5) is 0 Å². The Balaban J connectivity index is -0.00000133. The monoisotopic (exact) mass is 836 g/mol. The molecule has 23 heavy (non-hydrogen) atoms. The van der Waals surface area contributed by atoms with Gasteiger partial charge in [0.2, 0.25) is 5.97 Å². The summed E-state index contributed by atoms with van der Waals surface area (Å²) in [4.78, 5) is 25.0. The molecule has 0 fully saturated rings. The third-order valence-corrected chi connectivity index (χ3v) is 2.49. The van der Waals surface area contributed by atoms with Gasteiger partial charge in [0.1, 0.15) is 16.8 Å². The molecule has 1 rings (SSSR count). The molecule has 10 heteroatoms. The van der Waals surface area contributed by atoms with Crippen LogP contribution in [0.25, 0.3) is 5.32 Å². The van der Waals surface area contributed by atoms with Crippen LogP contribution in [0.3, 0.4) is 0 Å². The first-order chi connectivity index (χ1) is 9.62. The van der Waals surface area contributed by atoms with Crippen molar-refractivity contribution in [3.63, 3.8) is 0 Å². The van der Waals surface area contributed by atoms with Crippen molar-refractivity contribution < 1.29 is 59.0 Å². The predicted octanol–water partition coefficient (Wildman–Crippen LogP) is 2.66. The summed E-state index contributed by atoms with van der Waals surface area (Å²) in [5.41, 5.74) is 1.60. The van der Waals surface area contributed by atoms with Gasteiger partial charge in [-0.2, -0.15) is 7.05 Å². The van der Waals surface area contributed by atoms with Crippen LogP contribution in [0.2, 0.25) is 0 Å². The van der Waals surface area contributed by atoms with Crippen LogP contribution >= 0.6 is 0 Å². The van der Waals surface area contributed by atoms with Crippen molar-refractivity contribution in [1.29, 1.82) is 0 Å². The third-order valence-electron chi connectivity index (χ3n) is 2.49. The fourth-order valence-electron chi connectivity index (χ4n) is 1.56. The molecule has 0 amide bonds. The number of hydrogen-bond acceptors (Lipinski definition) is 6. The first-order valence-electron chi connectivity index (χ1n) is 5.97. The summed E-state index contributed by atoms with van der Waals surface area (Å²) in [5.74, 6) is 0.260. The van der Waals surface area contributed by atoms with E-state index in [1.165, 1.54) is 0 Å². The van der Waals surface area contributed by atoms with E-state index in [1.807, 2.05) is 6.92 Å². The Bertz CT molecular complexity index is 494. The van der Waals surface area contributed by atoms with Crippen molar-refractivity contribution in [3.05, 3.63) is 40.1 Å². The van der Waals surface area contributed by atoms with Crippen molar-refractivity contribution in [2.24, 2.45) is 5.34 Å². The molecule has 0 aromatic heterocycles. The predicted molar refractivity (Wildman–Crippen MR) is 72.2 cm³/mol. The molecular weight excluding hydrogens is 818 g/mol. The zero-order chi connectivity index (χ0) is 15.0. The molecule has 1 aromatic carbocycles. The largest absolute Gasteiger partial charge is 1.00 e. The van der Waals surface area contributed by atoms with Gasteiger partial charge in [-0.15, -0.1) is 4.91 Å². The van der Waals surface area contributed by atoms with Gasteiger partial charge in [0.15, 0.2) is 0 Å². The van der Waals surface area contributed by atoms with Crippen molar-refractivity contribution in [2.45, 2.75) is 20.3 Å². The maximum absolute atomic E-state index is 11.3. The van der Waals surface area contributed by atoms with Gasteiger partial charge < -0.3 is 19.6 Å². The second-order valence-corrected chi connectivity index (χ2v) is 3.89. The number of carbonyl (C=O) groups is 1. The first kappa shape index (κ1) is 25.9. The molecule has 2 radical (unpaired) electrons. The smallest absolute Gasteiger partial charge is 0.632 e. The van der Waals surface area contributed by atoms with E-state index in [0.29, 0.717) is 30.1 Å². The Morgan fingerprint density at radius 1 is 1.35 bits per heavy atom. The molecule has 0 heterocycles. The quantitative estimate of drug-likeness (QED) is 0.101. The fraction of sp³-hybridized carbons (Fsp3) is 0.385. The van der Waals surface area contributed by atoms with E-state index in [4.69, 9.17) is 9.47 Å². The van der Waals surface area contributed by atoms with Crippen LogP contribution < -0.4 is 9.47 Å². The third kappa shape index (κ3) is 8.27. The summed E-state index contributed by atoms with van der Waals surface area (Å²) in [6, 6.07) is 3.48. The minimum atomic E-state index is -0.813. The molecule has 7 nitrogen and oxygen atoms in total. The Morgan fingerprint density at radius 3 is 2.52 bits per heavy atom. The fourth-order valence-corrected chi connectivity index (χ4v) is 1.56. The van der Waals surface area contributed by atoms with Crippen LogP contribution in [0, 0.1) is 18.4 Å². The standard InChI is InChI=1S/C13H16N2O5.Re.Rf.Ru/c1-4-10-6-11(20-13(16)7-19-15-17)9(2)5-12(10)18-8-14-3;;;/h5-7H,4,8H2,1-3H3;;;/q-2;;;+1. The molecule has 0 unspecified atom stereocenters. The molecular formula is C13H16N2O5ReRfRu-. The van der Waals surface area contributed by atoms with E-state index >= 15 is 0 Å². The first-order valence-corrected chi connectivity index (χ1v) is 5.97. The normalized spacial score (nSPS) is 8.48. The summed E-state index contributed by atoms with van der Waals surface area (Å²) in [5, 5.41) is 5.96. The van der Waals surface area contributed by atoms with Crippen LogP contribution in [0.15, 0.2) is 17.5 Å². The molecule has 0 atom stereocenters. The summed E-state index contributed by atoms with van der Waals surface area (Å²) in [6.07, 6.45) is 0.708. The van der Waals surface area contributed by atoms with Gasteiger partial charge in [-0.1, -0.05) is 13.5 Å². The maximum atomic E-state index is 11.3. The minimum Gasteiger partial charge on any atom is -0.632 e. The van der Waals surface area contributed by atoms with Gasteiger partial charge >= 0.3 is 19.5 Å². The average molecular weight is 835 g/mol. The van der Waals surface area contributed by atoms with E-state index in [0.717, 1.165) is 5.56 Å². The van der Waals surface area contributed by atoms with Crippen molar-refractivity contribution in [1.82, 2.24) is 0 Å². The van der Waals surface area contributed by atoms with Crippen molar-refractivity contribution in [2.75, 3.05) is 13.8 Å². The van der Waals surface area contributed by atoms with Gasteiger partial charge in [0.25, 0.3) is 0 Å². The Morgan fingerprint density at radius 2 is 2.00 bits per heavy atom. The van der Waals surface area contributed by atoms with Crippen LogP contribution in [0.1, 0.15) is 18.1 Å². The second kappa shape index (κ2) is 13.7.